The smallest absolute Gasteiger partial charge is 0.0464 e. The summed E-state index contributed by atoms with van der Waals surface area (Å²) in [6.45, 7) is 6.56. The van der Waals surface area contributed by atoms with Crippen molar-refractivity contribution >= 4 is 0 Å². The number of ether oxygens (including phenoxy) is 1. The fourth-order valence-electron chi connectivity index (χ4n) is 2.76. The van der Waals surface area contributed by atoms with Crippen LogP contribution in [-0.2, 0) is 11.2 Å². The number of hydrogen-bond donors (Lipinski definition) is 1. The maximum atomic E-state index is 5.25. The average molecular weight is 275 g/mol. The Labute approximate surface area is 123 Å². The van der Waals surface area contributed by atoms with Gasteiger partial charge in [-0.15, -0.1) is 0 Å². The average Bonchev–Trinajstić information content (AvgIpc) is 3.25. The highest BCUT2D eigenvalue weighted by atomic mass is 16.5. The summed E-state index contributed by atoms with van der Waals surface area (Å²) in [6.07, 6.45) is 5.05. The van der Waals surface area contributed by atoms with Crippen LogP contribution in [-0.4, -0.2) is 26.3 Å². The van der Waals surface area contributed by atoms with E-state index in [1.165, 1.54) is 30.4 Å². The van der Waals surface area contributed by atoms with Crippen LogP contribution in [0.3, 0.4) is 0 Å². The second-order valence-electron chi connectivity index (χ2n) is 6.39. The summed E-state index contributed by atoms with van der Waals surface area (Å²) in [5.41, 5.74) is 2.83. The van der Waals surface area contributed by atoms with Gasteiger partial charge < -0.3 is 10.1 Å². The number of rotatable bonds is 9. The highest BCUT2D eigenvalue weighted by Gasteiger charge is 2.24. The highest BCUT2D eigenvalue weighted by molar-refractivity contribution is 5.22. The Hall–Kier alpha value is -0.860. The molecule has 0 aliphatic heterocycles. The SMILES string of the molecule is COCCC(C)C(CNC1CC1)Cc1cccc(C)c1. The van der Waals surface area contributed by atoms with E-state index in [0.29, 0.717) is 11.8 Å². The zero-order chi connectivity index (χ0) is 14.4. The molecule has 2 rings (SSSR count). The largest absolute Gasteiger partial charge is 0.385 e. The molecule has 0 bridgehead atoms. The van der Waals surface area contributed by atoms with Gasteiger partial charge in [0.2, 0.25) is 0 Å². The van der Waals surface area contributed by atoms with Crippen molar-refractivity contribution in [2.45, 2.75) is 45.6 Å². The highest BCUT2D eigenvalue weighted by Crippen LogP contribution is 2.24. The van der Waals surface area contributed by atoms with E-state index in [2.05, 4.69) is 43.4 Å². The van der Waals surface area contributed by atoms with Crippen LogP contribution < -0.4 is 5.32 Å². The van der Waals surface area contributed by atoms with Crippen molar-refractivity contribution in [1.29, 1.82) is 0 Å². The standard InChI is InChI=1S/C18H29NO/c1-14-5-4-6-16(11-14)12-17(13-19-18-7-8-18)15(2)9-10-20-3/h4-6,11,15,17-19H,7-10,12-13H2,1-3H3. The summed E-state index contributed by atoms with van der Waals surface area (Å²) >= 11 is 0. The maximum Gasteiger partial charge on any atom is 0.0464 e. The molecule has 0 radical (unpaired) electrons. The lowest BCUT2D eigenvalue weighted by molar-refractivity contribution is 0.163. The number of aryl methyl sites for hydroxylation is 1. The molecule has 1 aliphatic carbocycles. The molecule has 20 heavy (non-hydrogen) atoms. The third-order valence-corrected chi connectivity index (χ3v) is 4.41. The second-order valence-corrected chi connectivity index (χ2v) is 6.39. The first-order chi connectivity index (χ1) is 9.69. The van der Waals surface area contributed by atoms with Gasteiger partial charge in [-0.2, -0.15) is 0 Å². The molecule has 1 aromatic rings. The molecule has 1 aromatic carbocycles. The third-order valence-electron chi connectivity index (χ3n) is 4.41. The first kappa shape index (κ1) is 15.5. The number of nitrogens with one attached hydrogen (secondary N) is 1. The van der Waals surface area contributed by atoms with Crippen molar-refractivity contribution in [3.05, 3.63) is 35.4 Å². The van der Waals surface area contributed by atoms with Crippen molar-refractivity contribution in [3.63, 3.8) is 0 Å². The topological polar surface area (TPSA) is 21.3 Å². The Kier molecular flexibility index (Phi) is 6.06. The summed E-state index contributed by atoms with van der Waals surface area (Å²) in [4.78, 5) is 0. The van der Waals surface area contributed by atoms with E-state index in [1.807, 2.05) is 0 Å². The fourth-order valence-corrected chi connectivity index (χ4v) is 2.76. The van der Waals surface area contributed by atoms with Crippen LogP contribution in [0, 0.1) is 18.8 Å². The van der Waals surface area contributed by atoms with Crippen molar-refractivity contribution in [2.75, 3.05) is 20.3 Å². The van der Waals surface area contributed by atoms with Gasteiger partial charge in [0.05, 0.1) is 0 Å². The van der Waals surface area contributed by atoms with E-state index in [0.717, 1.165) is 25.6 Å². The van der Waals surface area contributed by atoms with Crippen molar-refractivity contribution in [3.8, 4) is 0 Å². The molecule has 0 aromatic heterocycles. The predicted molar refractivity (Wildman–Crippen MR) is 85.1 cm³/mol. The van der Waals surface area contributed by atoms with Gasteiger partial charge in [0.25, 0.3) is 0 Å². The Morgan fingerprint density at radius 2 is 2.15 bits per heavy atom. The van der Waals surface area contributed by atoms with Crippen molar-refractivity contribution < 1.29 is 4.74 Å². The summed E-state index contributed by atoms with van der Waals surface area (Å²) < 4.78 is 5.25. The zero-order valence-corrected chi connectivity index (χ0v) is 13.2. The minimum atomic E-state index is 0.696. The second kappa shape index (κ2) is 7.80. The monoisotopic (exact) mass is 275 g/mol. The molecule has 0 heterocycles. The van der Waals surface area contributed by atoms with Gasteiger partial charge in [-0.05, 0) is 56.6 Å². The first-order valence-electron chi connectivity index (χ1n) is 7.97. The van der Waals surface area contributed by atoms with Crippen LogP contribution >= 0.6 is 0 Å². The van der Waals surface area contributed by atoms with Crippen LogP contribution in [0.4, 0.5) is 0 Å². The number of benzene rings is 1. The molecular weight excluding hydrogens is 246 g/mol. The van der Waals surface area contributed by atoms with E-state index >= 15 is 0 Å². The van der Waals surface area contributed by atoms with Crippen LogP contribution in [0.15, 0.2) is 24.3 Å². The first-order valence-corrected chi connectivity index (χ1v) is 7.97. The van der Waals surface area contributed by atoms with Gasteiger partial charge in [0.15, 0.2) is 0 Å². The lowest BCUT2D eigenvalue weighted by Gasteiger charge is -2.25. The normalized spacial score (nSPS) is 17.9. The summed E-state index contributed by atoms with van der Waals surface area (Å²) in [5.74, 6) is 1.40. The molecule has 112 valence electrons. The quantitative estimate of drug-likeness (QED) is 0.744. The molecule has 0 spiro atoms. The molecule has 1 N–H and O–H groups in total. The Morgan fingerprint density at radius 1 is 1.35 bits per heavy atom. The fraction of sp³-hybridized carbons (Fsp3) is 0.667. The van der Waals surface area contributed by atoms with E-state index in [4.69, 9.17) is 4.74 Å². The van der Waals surface area contributed by atoms with Crippen LogP contribution in [0.2, 0.25) is 0 Å². The minimum absolute atomic E-state index is 0.696. The van der Waals surface area contributed by atoms with Crippen LogP contribution in [0.5, 0.6) is 0 Å². The van der Waals surface area contributed by atoms with Gasteiger partial charge in [-0.3, -0.25) is 0 Å². The molecule has 1 saturated carbocycles. The van der Waals surface area contributed by atoms with Gasteiger partial charge in [0.1, 0.15) is 0 Å². The van der Waals surface area contributed by atoms with Gasteiger partial charge in [-0.1, -0.05) is 36.8 Å². The summed E-state index contributed by atoms with van der Waals surface area (Å²) in [5, 5.41) is 3.71. The molecule has 0 saturated heterocycles. The van der Waals surface area contributed by atoms with E-state index < -0.39 is 0 Å². The zero-order valence-electron chi connectivity index (χ0n) is 13.2. The minimum Gasteiger partial charge on any atom is -0.385 e. The number of methoxy groups -OCH3 is 1. The lowest BCUT2D eigenvalue weighted by atomic mass is 9.85. The Bertz CT molecular complexity index is 400. The molecule has 2 nitrogen and oxygen atoms in total. The van der Waals surface area contributed by atoms with E-state index in [1.54, 1.807) is 7.11 Å². The molecule has 1 aliphatic rings. The molecule has 2 unspecified atom stereocenters. The van der Waals surface area contributed by atoms with E-state index in [9.17, 15) is 0 Å². The number of hydrogen-bond acceptors (Lipinski definition) is 2. The molecule has 2 atom stereocenters. The molecule has 1 fully saturated rings. The van der Waals surface area contributed by atoms with E-state index in [-0.39, 0.29) is 0 Å². The molecule has 2 heteroatoms. The van der Waals surface area contributed by atoms with Gasteiger partial charge in [0, 0.05) is 19.8 Å². The molecule has 0 amide bonds. The van der Waals surface area contributed by atoms with Crippen LogP contribution in [0.25, 0.3) is 0 Å². The molecular formula is C18H29NO. The summed E-state index contributed by atoms with van der Waals surface area (Å²) in [6, 6.07) is 9.74. The Morgan fingerprint density at radius 3 is 2.80 bits per heavy atom. The van der Waals surface area contributed by atoms with Gasteiger partial charge in [-0.25, -0.2) is 0 Å². The van der Waals surface area contributed by atoms with Crippen molar-refractivity contribution in [1.82, 2.24) is 5.32 Å². The van der Waals surface area contributed by atoms with Gasteiger partial charge >= 0.3 is 0 Å². The van der Waals surface area contributed by atoms with Crippen molar-refractivity contribution in [2.24, 2.45) is 11.8 Å². The Balaban J connectivity index is 1.92. The lowest BCUT2D eigenvalue weighted by Crippen LogP contribution is -2.30. The summed E-state index contributed by atoms with van der Waals surface area (Å²) in [7, 11) is 1.80. The third kappa shape index (κ3) is 5.26. The predicted octanol–water partition coefficient (Wildman–Crippen LogP) is 3.58. The maximum absolute atomic E-state index is 5.25. The van der Waals surface area contributed by atoms with Crippen LogP contribution in [0.1, 0.15) is 37.3 Å².